The molecule has 20 heavy (non-hydrogen) atoms. The van der Waals surface area contributed by atoms with Gasteiger partial charge in [-0.1, -0.05) is 0 Å². The van der Waals surface area contributed by atoms with Crippen molar-refractivity contribution in [2.75, 3.05) is 6.61 Å². The van der Waals surface area contributed by atoms with Crippen LogP contribution in [0.1, 0.15) is 19.3 Å². The number of carboxylic acids is 1. The Morgan fingerprint density at radius 1 is 1.30 bits per heavy atom. The van der Waals surface area contributed by atoms with E-state index < -0.39 is 5.97 Å². The van der Waals surface area contributed by atoms with Crippen LogP contribution in [0.15, 0.2) is 24.3 Å². The van der Waals surface area contributed by atoms with Crippen molar-refractivity contribution in [3.63, 3.8) is 0 Å². The minimum Gasteiger partial charge on any atom is -0.484 e. The van der Waals surface area contributed by atoms with E-state index in [4.69, 9.17) is 9.84 Å². The minimum atomic E-state index is -0.781. The molecule has 0 unspecified atom stereocenters. The first-order valence-electron chi connectivity index (χ1n) is 6.45. The van der Waals surface area contributed by atoms with Crippen molar-refractivity contribution in [3.05, 3.63) is 27.8 Å². The molecule has 6 heteroatoms. The largest absolute Gasteiger partial charge is 0.484 e. The SMILES string of the molecule is O=C(COc1ccc(I)cc1)N[C@@H]1CC[C@H](C(=O)O)C1. The molecule has 1 aliphatic carbocycles. The van der Waals surface area contributed by atoms with Crippen LogP contribution >= 0.6 is 22.6 Å². The fourth-order valence-corrected chi connectivity index (χ4v) is 2.65. The van der Waals surface area contributed by atoms with Gasteiger partial charge in [-0.15, -0.1) is 0 Å². The third kappa shape index (κ3) is 4.36. The molecule has 1 aliphatic rings. The lowest BCUT2D eigenvalue weighted by atomic mass is 10.1. The van der Waals surface area contributed by atoms with E-state index in [9.17, 15) is 9.59 Å². The number of nitrogens with one attached hydrogen (secondary N) is 1. The molecule has 2 atom stereocenters. The maximum Gasteiger partial charge on any atom is 0.306 e. The summed E-state index contributed by atoms with van der Waals surface area (Å²) < 4.78 is 6.48. The molecule has 5 nitrogen and oxygen atoms in total. The number of carboxylic acid groups (broad SMARTS) is 1. The maximum absolute atomic E-state index is 11.7. The van der Waals surface area contributed by atoms with Gasteiger partial charge >= 0.3 is 5.97 Å². The van der Waals surface area contributed by atoms with Gasteiger partial charge in [0.05, 0.1) is 5.92 Å². The molecule has 0 heterocycles. The highest BCUT2D eigenvalue weighted by atomic mass is 127. The lowest BCUT2D eigenvalue weighted by molar-refractivity contribution is -0.141. The summed E-state index contributed by atoms with van der Waals surface area (Å²) in [5, 5.41) is 11.7. The van der Waals surface area contributed by atoms with Crippen LogP contribution in [0.3, 0.4) is 0 Å². The summed E-state index contributed by atoms with van der Waals surface area (Å²) in [7, 11) is 0. The van der Waals surface area contributed by atoms with Crippen LogP contribution in [-0.2, 0) is 9.59 Å². The molecule has 2 rings (SSSR count). The van der Waals surface area contributed by atoms with E-state index in [1.807, 2.05) is 24.3 Å². The van der Waals surface area contributed by atoms with Crippen LogP contribution in [0.2, 0.25) is 0 Å². The number of halogens is 1. The number of aliphatic carboxylic acids is 1. The molecule has 0 radical (unpaired) electrons. The zero-order valence-electron chi connectivity index (χ0n) is 10.8. The van der Waals surface area contributed by atoms with Gasteiger partial charge in [0.15, 0.2) is 6.61 Å². The van der Waals surface area contributed by atoms with Gasteiger partial charge < -0.3 is 15.2 Å². The second-order valence-corrected chi connectivity index (χ2v) is 6.10. The van der Waals surface area contributed by atoms with Gasteiger partial charge in [0.25, 0.3) is 5.91 Å². The summed E-state index contributed by atoms with van der Waals surface area (Å²) in [5.74, 6) is -0.677. The third-order valence-corrected chi connectivity index (χ3v) is 4.05. The molecular formula is C14H16INO4. The number of ether oxygens (including phenoxy) is 1. The molecule has 0 bridgehead atoms. The van der Waals surface area contributed by atoms with Crippen molar-refractivity contribution in [1.29, 1.82) is 0 Å². The van der Waals surface area contributed by atoms with Crippen molar-refractivity contribution in [1.82, 2.24) is 5.32 Å². The van der Waals surface area contributed by atoms with Crippen molar-refractivity contribution < 1.29 is 19.4 Å². The van der Waals surface area contributed by atoms with Gasteiger partial charge in [0.2, 0.25) is 0 Å². The number of rotatable bonds is 5. The molecule has 0 saturated heterocycles. The van der Waals surface area contributed by atoms with Gasteiger partial charge in [0.1, 0.15) is 5.75 Å². The van der Waals surface area contributed by atoms with E-state index in [-0.39, 0.29) is 24.5 Å². The minimum absolute atomic E-state index is 0.0468. The smallest absolute Gasteiger partial charge is 0.306 e. The topological polar surface area (TPSA) is 75.6 Å². The standard InChI is InChI=1S/C14H16INO4/c15-10-2-5-12(6-3-10)20-8-13(17)16-11-4-1-9(7-11)14(18)19/h2-3,5-6,9,11H,1,4,7-8H2,(H,16,17)(H,18,19)/t9-,11+/m0/s1. The van der Waals surface area contributed by atoms with Crippen LogP contribution in [-0.4, -0.2) is 29.6 Å². The molecule has 2 N–H and O–H groups in total. The average molecular weight is 389 g/mol. The molecule has 0 aromatic heterocycles. The van der Waals surface area contributed by atoms with Crippen LogP contribution in [0.4, 0.5) is 0 Å². The number of carbonyl (C=O) groups excluding carboxylic acids is 1. The molecule has 1 aromatic rings. The summed E-state index contributed by atoms with van der Waals surface area (Å²) in [6, 6.07) is 7.38. The molecule has 0 spiro atoms. The molecular weight excluding hydrogens is 373 g/mol. The van der Waals surface area contributed by atoms with Crippen molar-refractivity contribution in [2.45, 2.75) is 25.3 Å². The van der Waals surface area contributed by atoms with Crippen LogP contribution in [0.5, 0.6) is 5.75 Å². The molecule has 1 aromatic carbocycles. The molecule has 0 aliphatic heterocycles. The summed E-state index contributed by atoms with van der Waals surface area (Å²) >= 11 is 2.20. The predicted octanol–water partition coefficient (Wildman–Crippen LogP) is 2.04. The Hall–Kier alpha value is -1.31. The van der Waals surface area contributed by atoms with Crippen LogP contribution in [0, 0.1) is 9.49 Å². The number of amides is 1. The highest BCUT2D eigenvalue weighted by Crippen LogP contribution is 2.25. The number of hydrogen-bond acceptors (Lipinski definition) is 3. The van der Waals surface area contributed by atoms with E-state index in [2.05, 4.69) is 27.9 Å². The van der Waals surface area contributed by atoms with Gasteiger partial charge in [-0.25, -0.2) is 0 Å². The van der Waals surface area contributed by atoms with E-state index >= 15 is 0 Å². The second kappa shape index (κ2) is 6.92. The first-order valence-corrected chi connectivity index (χ1v) is 7.53. The summed E-state index contributed by atoms with van der Waals surface area (Å²) in [6.07, 6.45) is 1.84. The normalized spacial score (nSPS) is 21.4. The third-order valence-electron chi connectivity index (χ3n) is 3.33. The maximum atomic E-state index is 11.7. The summed E-state index contributed by atoms with van der Waals surface area (Å²) in [4.78, 5) is 22.6. The molecule has 1 fully saturated rings. The fraction of sp³-hybridized carbons (Fsp3) is 0.429. The fourth-order valence-electron chi connectivity index (χ4n) is 2.29. The molecule has 1 amide bonds. The zero-order valence-corrected chi connectivity index (χ0v) is 13.0. The van der Waals surface area contributed by atoms with Crippen LogP contribution < -0.4 is 10.1 Å². The first kappa shape index (κ1) is 15.1. The average Bonchev–Trinajstić information content (AvgIpc) is 2.87. The number of hydrogen-bond donors (Lipinski definition) is 2. The quantitative estimate of drug-likeness (QED) is 0.756. The van der Waals surface area contributed by atoms with E-state index in [0.717, 1.165) is 3.57 Å². The van der Waals surface area contributed by atoms with Gasteiger partial charge in [-0.05, 0) is 66.1 Å². The van der Waals surface area contributed by atoms with Crippen molar-refractivity contribution in [3.8, 4) is 5.75 Å². The van der Waals surface area contributed by atoms with Crippen molar-refractivity contribution in [2.24, 2.45) is 5.92 Å². The predicted molar refractivity (Wildman–Crippen MR) is 81.6 cm³/mol. The first-order chi connectivity index (χ1) is 9.54. The lowest BCUT2D eigenvalue weighted by Crippen LogP contribution is -2.36. The second-order valence-electron chi connectivity index (χ2n) is 4.86. The Morgan fingerprint density at radius 2 is 2.00 bits per heavy atom. The lowest BCUT2D eigenvalue weighted by Gasteiger charge is -2.13. The summed E-state index contributed by atoms with van der Waals surface area (Å²) in [6.45, 7) is -0.0468. The van der Waals surface area contributed by atoms with Crippen molar-refractivity contribution >= 4 is 34.5 Å². The highest BCUT2D eigenvalue weighted by Gasteiger charge is 2.30. The zero-order chi connectivity index (χ0) is 14.5. The van der Waals surface area contributed by atoms with E-state index in [1.165, 1.54) is 0 Å². The number of benzene rings is 1. The van der Waals surface area contributed by atoms with Gasteiger partial charge in [-0.2, -0.15) is 0 Å². The Kier molecular flexibility index (Phi) is 5.22. The summed E-state index contributed by atoms with van der Waals surface area (Å²) in [5.41, 5.74) is 0. The highest BCUT2D eigenvalue weighted by molar-refractivity contribution is 14.1. The van der Waals surface area contributed by atoms with E-state index in [0.29, 0.717) is 25.0 Å². The Labute approximate surface area is 130 Å². The Balaban J connectivity index is 1.73. The Morgan fingerprint density at radius 3 is 2.60 bits per heavy atom. The molecule has 1 saturated carbocycles. The van der Waals surface area contributed by atoms with Gasteiger partial charge in [0, 0.05) is 9.61 Å². The number of carbonyl (C=O) groups is 2. The van der Waals surface area contributed by atoms with E-state index in [1.54, 1.807) is 0 Å². The monoisotopic (exact) mass is 389 g/mol. The Bertz CT molecular complexity index is 488. The van der Waals surface area contributed by atoms with Gasteiger partial charge in [-0.3, -0.25) is 9.59 Å². The van der Waals surface area contributed by atoms with Crippen LogP contribution in [0.25, 0.3) is 0 Å². The molecule has 108 valence electrons.